The molecular weight excluding hydrogens is 600 g/mol. The van der Waals surface area contributed by atoms with Crippen molar-refractivity contribution in [1.29, 1.82) is 0 Å². The molecule has 0 unspecified atom stereocenters. The summed E-state index contributed by atoms with van der Waals surface area (Å²) in [7, 11) is -4.77. The van der Waals surface area contributed by atoms with Gasteiger partial charge in [0, 0.05) is 0 Å². The van der Waals surface area contributed by atoms with Gasteiger partial charge in [-0.2, -0.15) is 8.42 Å². The molecule has 1 aromatic rings. The van der Waals surface area contributed by atoms with E-state index in [4.69, 9.17) is 9.47 Å². The molecule has 262 valence electrons. The number of hydrogen-bond acceptors (Lipinski definition) is 6. The second-order valence-corrected chi connectivity index (χ2v) is 13.6. The van der Waals surface area contributed by atoms with Gasteiger partial charge in [0.25, 0.3) is 10.1 Å². The molecule has 0 bridgehead atoms. The Hall–Kier alpha value is -2.45. The molecular formula is C38H62O7S. The highest BCUT2D eigenvalue weighted by Crippen LogP contribution is 2.22. The summed E-state index contributed by atoms with van der Waals surface area (Å²) in [6.45, 7) is 4.67. The monoisotopic (exact) mass is 662 g/mol. The second-order valence-electron chi connectivity index (χ2n) is 12.2. The zero-order chi connectivity index (χ0) is 33.7. The van der Waals surface area contributed by atoms with Crippen molar-refractivity contribution in [3.05, 3.63) is 53.6 Å². The van der Waals surface area contributed by atoms with Gasteiger partial charge in [-0.1, -0.05) is 121 Å². The molecule has 0 aliphatic carbocycles. The molecule has 8 heteroatoms. The quantitative estimate of drug-likeness (QED) is 0.0393. The van der Waals surface area contributed by atoms with E-state index in [1.165, 1.54) is 102 Å². The van der Waals surface area contributed by atoms with Crippen LogP contribution in [0.15, 0.2) is 47.4 Å². The largest absolute Gasteiger partial charge is 0.462 e. The predicted octanol–water partition coefficient (Wildman–Crippen LogP) is 11.0. The molecule has 0 saturated heterocycles. The maximum absolute atomic E-state index is 12.9. The van der Waals surface area contributed by atoms with Gasteiger partial charge in [0.1, 0.15) is 4.90 Å². The van der Waals surface area contributed by atoms with E-state index >= 15 is 0 Å². The molecule has 0 radical (unpaired) electrons. The third-order valence-corrected chi connectivity index (χ3v) is 8.90. The average molecular weight is 663 g/mol. The topological polar surface area (TPSA) is 107 Å². The number of rotatable bonds is 29. The average Bonchev–Trinajstić information content (AvgIpc) is 3.04. The third-order valence-electron chi connectivity index (χ3n) is 8.01. The first-order valence-electron chi connectivity index (χ1n) is 18.1. The van der Waals surface area contributed by atoms with Crippen LogP contribution < -0.4 is 0 Å². The molecule has 0 saturated carbocycles. The lowest BCUT2D eigenvalue weighted by Crippen LogP contribution is -2.19. The number of hydrogen-bond donors (Lipinski definition) is 1. The molecule has 0 aliphatic rings. The van der Waals surface area contributed by atoms with Gasteiger partial charge < -0.3 is 9.47 Å². The molecule has 0 heterocycles. The Kier molecular flexibility index (Phi) is 25.0. The molecule has 1 N–H and O–H groups in total. The number of allylic oxidation sites excluding steroid dienone is 4. The van der Waals surface area contributed by atoms with Crippen LogP contribution in [0.1, 0.15) is 176 Å². The Morgan fingerprint density at radius 1 is 0.587 bits per heavy atom. The van der Waals surface area contributed by atoms with Crippen LogP contribution in [-0.4, -0.2) is 38.1 Å². The maximum Gasteiger partial charge on any atom is 0.340 e. The molecule has 7 nitrogen and oxygen atoms in total. The van der Waals surface area contributed by atoms with Gasteiger partial charge in [-0.05, 0) is 76.3 Å². The molecule has 0 amide bonds. The molecule has 1 rings (SSSR count). The van der Waals surface area contributed by atoms with Gasteiger partial charge in [0.2, 0.25) is 0 Å². The fourth-order valence-corrected chi connectivity index (χ4v) is 5.95. The maximum atomic E-state index is 12.9. The highest BCUT2D eigenvalue weighted by Gasteiger charge is 2.28. The summed E-state index contributed by atoms with van der Waals surface area (Å²) < 4.78 is 44.4. The van der Waals surface area contributed by atoms with Crippen molar-refractivity contribution in [3.8, 4) is 0 Å². The summed E-state index contributed by atoms with van der Waals surface area (Å²) in [5.74, 6) is -1.79. The second kappa shape index (κ2) is 27.6. The summed E-state index contributed by atoms with van der Waals surface area (Å²) in [4.78, 5) is 25.1. The van der Waals surface area contributed by atoms with E-state index in [1.54, 1.807) is 0 Å². The number of unbranched alkanes of at least 4 members (excludes halogenated alkanes) is 18. The van der Waals surface area contributed by atoms with Gasteiger partial charge in [-0.25, -0.2) is 9.59 Å². The van der Waals surface area contributed by atoms with Gasteiger partial charge in [-0.3, -0.25) is 4.55 Å². The summed E-state index contributed by atoms with van der Waals surface area (Å²) >= 11 is 0. The zero-order valence-electron chi connectivity index (χ0n) is 28.8. The molecule has 0 aromatic heterocycles. The summed E-state index contributed by atoms with van der Waals surface area (Å²) in [5.41, 5.74) is -0.721. The number of carbonyl (C=O) groups is 2. The fourth-order valence-electron chi connectivity index (χ4n) is 5.24. The van der Waals surface area contributed by atoms with E-state index in [2.05, 4.69) is 38.2 Å². The molecule has 46 heavy (non-hydrogen) atoms. The minimum Gasteiger partial charge on any atom is -0.462 e. The van der Waals surface area contributed by atoms with Gasteiger partial charge in [0.15, 0.2) is 0 Å². The smallest absolute Gasteiger partial charge is 0.340 e. The standard InChI is InChI=1S/C38H62O7S/c1-3-5-7-9-11-13-15-17-19-21-23-25-27-32-44-37(39)34-30-29-31-35(46(41,42)43)36(34)38(40)45-33-28-26-24-22-20-18-16-14-12-10-8-6-4-2/h19-22,29-31H,3-18,23-28,32-33H2,1-2H3,(H,41,42,43)/b21-19+,22-20+. The Morgan fingerprint density at radius 3 is 1.41 bits per heavy atom. The lowest BCUT2D eigenvalue weighted by molar-refractivity contribution is 0.0447. The number of ether oxygens (including phenoxy) is 2. The zero-order valence-corrected chi connectivity index (χ0v) is 29.6. The van der Waals surface area contributed by atoms with Gasteiger partial charge >= 0.3 is 11.9 Å². The first-order valence-corrected chi connectivity index (χ1v) is 19.5. The van der Waals surface area contributed by atoms with Gasteiger partial charge in [0.05, 0.1) is 24.3 Å². The summed E-state index contributed by atoms with van der Waals surface area (Å²) in [5, 5.41) is 0. The molecule has 0 spiro atoms. The Balaban J connectivity index is 2.41. The molecule has 0 aliphatic heterocycles. The summed E-state index contributed by atoms with van der Waals surface area (Å²) in [6, 6.07) is 3.69. The Morgan fingerprint density at radius 2 is 0.978 bits per heavy atom. The van der Waals surface area contributed by atoms with Crippen molar-refractivity contribution >= 4 is 22.1 Å². The van der Waals surface area contributed by atoms with Crippen LogP contribution in [0.5, 0.6) is 0 Å². The van der Waals surface area contributed by atoms with Gasteiger partial charge in [-0.15, -0.1) is 0 Å². The number of carbonyl (C=O) groups excluding carboxylic acids is 2. The predicted molar refractivity (Wildman–Crippen MR) is 188 cm³/mol. The van der Waals surface area contributed by atoms with Crippen molar-refractivity contribution in [1.82, 2.24) is 0 Å². The van der Waals surface area contributed by atoms with E-state index in [1.807, 2.05) is 0 Å². The third kappa shape index (κ3) is 20.6. The van der Waals surface area contributed by atoms with E-state index in [-0.39, 0.29) is 18.8 Å². The SMILES string of the molecule is CCCCCCCCC/C=C/CCCCOC(=O)c1cccc(S(=O)(=O)O)c1C(=O)OCCCC/C=C/CCCCCCCCC. The van der Waals surface area contributed by atoms with Crippen molar-refractivity contribution < 1.29 is 32.0 Å². The minimum absolute atomic E-state index is 0.0746. The van der Waals surface area contributed by atoms with E-state index in [0.29, 0.717) is 12.8 Å². The highest BCUT2D eigenvalue weighted by atomic mass is 32.2. The summed E-state index contributed by atoms with van der Waals surface area (Å²) in [6.07, 6.45) is 33.6. The van der Waals surface area contributed by atoms with Crippen molar-refractivity contribution in [3.63, 3.8) is 0 Å². The van der Waals surface area contributed by atoms with Crippen molar-refractivity contribution in [2.24, 2.45) is 0 Å². The van der Waals surface area contributed by atoms with Crippen LogP contribution in [-0.2, 0) is 19.6 Å². The van der Waals surface area contributed by atoms with E-state index < -0.39 is 32.5 Å². The molecule has 0 atom stereocenters. The first kappa shape index (κ1) is 41.6. The van der Waals surface area contributed by atoms with Crippen LogP contribution in [0.3, 0.4) is 0 Å². The van der Waals surface area contributed by atoms with Crippen LogP contribution in [0.4, 0.5) is 0 Å². The molecule has 0 fully saturated rings. The lowest BCUT2D eigenvalue weighted by Gasteiger charge is -2.12. The van der Waals surface area contributed by atoms with E-state index in [9.17, 15) is 22.6 Å². The lowest BCUT2D eigenvalue weighted by atomic mass is 10.1. The van der Waals surface area contributed by atoms with Crippen molar-refractivity contribution in [2.45, 2.75) is 160 Å². The normalized spacial score (nSPS) is 11.9. The number of esters is 2. The first-order chi connectivity index (χ1) is 22.3. The molecule has 1 aromatic carbocycles. The Bertz CT molecular complexity index is 1110. The fraction of sp³-hybridized carbons (Fsp3) is 0.684. The van der Waals surface area contributed by atoms with E-state index in [0.717, 1.165) is 44.6 Å². The Labute approximate surface area is 280 Å². The van der Waals surface area contributed by atoms with Crippen LogP contribution in [0.2, 0.25) is 0 Å². The van der Waals surface area contributed by atoms with Crippen LogP contribution >= 0.6 is 0 Å². The van der Waals surface area contributed by atoms with Crippen LogP contribution in [0, 0.1) is 0 Å². The highest BCUT2D eigenvalue weighted by molar-refractivity contribution is 7.86. The minimum atomic E-state index is -4.77. The van der Waals surface area contributed by atoms with Crippen LogP contribution in [0.25, 0.3) is 0 Å². The van der Waals surface area contributed by atoms with Crippen molar-refractivity contribution in [2.75, 3.05) is 13.2 Å². The number of benzene rings is 1.